The predicted octanol–water partition coefficient (Wildman–Crippen LogP) is 3.26. The van der Waals surface area contributed by atoms with Crippen molar-refractivity contribution < 1.29 is 0 Å². The molecular formula is C11H7ClN4. The van der Waals surface area contributed by atoms with Crippen LogP contribution in [0.25, 0.3) is 10.4 Å². The third-order valence-corrected chi connectivity index (χ3v) is 1.96. The monoisotopic (exact) mass is 230 g/mol. The summed E-state index contributed by atoms with van der Waals surface area (Å²) in [5, 5.41) is 12.7. The predicted molar refractivity (Wildman–Crippen MR) is 61.7 cm³/mol. The molecule has 78 valence electrons. The summed E-state index contributed by atoms with van der Waals surface area (Å²) in [5.74, 6) is 5.66. The minimum absolute atomic E-state index is 0.332. The average Bonchev–Trinajstić information content (AvgIpc) is 2.30. The van der Waals surface area contributed by atoms with Gasteiger partial charge in [0.1, 0.15) is 6.07 Å². The molecule has 0 amide bonds. The molecule has 4 nitrogen and oxygen atoms in total. The third kappa shape index (κ3) is 3.55. The molecule has 1 rings (SSSR count). The number of hydrogen-bond acceptors (Lipinski definition) is 2. The summed E-state index contributed by atoms with van der Waals surface area (Å²) < 4.78 is 0. The Balaban J connectivity index is 2.81. The van der Waals surface area contributed by atoms with Gasteiger partial charge in [-0.3, -0.25) is 0 Å². The molecule has 0 heterocycles. The maximum Gasteiger partial charge on any atom is 0.100 e. The van der Waals surface area contributed by atoms with Crippen LogP contribution >= 0.6 is 11.6 Å². The second-order valence-corrected chi connectivity index (χ2v) is 3.24. The fourth-order valence-corrected chi connectivity index (χ4v) is 1.20. The molecule has 0 atom stereocenters. The van der Waals surface area contributed by atoms with E-state index in [0.29, 0.717) is 29.1 Å². The molecule has 0 aliphatic carbocycles. The standard InChI is InChI=1S/C11H7ClN4/c12-11-5-4-9(10(7-11)8-13)3-1-2-6-15-16-14/h4-5,7H,2,6H2. The first-order valence-electron chi connectivity index (χ1n) is 4.47. The molecule has 0 N–H and O–H groups in total. The Kier molecular flexibility index (Phi) is 4.76. The molecule has 0 fully saturated rings. The Morgan fingerprint density at radius 1 is 1.44 bits per heavy atom. The Morgan fingerprint density at radius 2 is 2.25 bits per heavy atom. The average molecular weight is 231 g/mol. The van der Waals surface area contributed by atoms with E-state index in [2.05, 4.69) is 21.9 Å². The van der Waals surface area contributed by atoms with Crippen molar-refractivity contribution in [1.29, 1.82) is 5.26 Å². The number of rotatable bonds is 2. The van der Waals surface area contributed by atoms with Gasteiger partial charge in [0.25, 0.3) is 0 Å². The van der Waals surface area contributed by atoms with E-state index in [9.17, 15) is 0 Å². The molecule has 0 aliphatic heterocycles. The van der Waals surface area contributed by atoms with Crippen LogP contribution in [-0.4, -0.2) is 6.54 Å². The van der Waals surface area contributed by atoms with Crippen molar-refractivity contribution in [3.63, 3.8) is 0 Å². The first-order valence-corrected chi connectivity index (χ1v) is 4.85. The third-order valence-electron chi connectivity index (χ3n) is 1.73. The Labute approximate surface area is 98.1 Å². The van der Waals surface area contributed by atoms with Gasteiger partial charge in [0, 0.05) is 28.5 Å². The van der Waals surface area contributed by atoms with Gasteiger partial charge in [0.05, 0.1) is 5.56 Å². The number of azide groups is 1. The lowest BCUT2D eigenvalue weighted by Gasteiger charge is -1.95. The first kappa shape index (κ1) is 11.9. The molecule has 0 aliphatic rings. The fourth-order valence-electron chi connectivity index (χ4n) is 1.03. The van der Waals surface area contributed by atoms with Crippen LogP contribution in [0.3, 0.4) is 0 Å². The molecule has 0 spiro atoms. The minimum atomic E-state index is 0.332. The number of halogens is 1. The van der Waals surface area contributed by atoms with Gasteiger partial charge in [-0.25, -0.2) is 0 Å². The highest BCUT2D eigenvalue weighted by molar-refractivity contribution is 6.30. The number of nitriles is 1. The molecule has 1 aromatic carbocycles. The van der Waals surface area contributed by atoms with Crippen LogP contribution in [0.5, 0.6) is 0 Å². The summed E-state index contributed by atoms with van der Waals surface area (Å²) >= 11 is 5.74. The molecular weight excluding hydrogens is 224 g/mol. The van der Waals surface area contributed by atoms with Crippen LogP contribution in [0.2, 0.25) is 5.02 Å². The maximum atomic E-state index is 8.84. The van der Waals surface area contributed by atoms with E-state index in [1.165, 1.54) is 0 Å². The van der Waals surface area contributed by atoms with Crippen LogP contribution in [-0.2, 0) is 0 Å². The van der Waals surface area contributed by atoms with E-state index in [0.717, 1.165) is 0 Å². The quantitative estimate of drug-likeness (QED) is 0.253. The Hall–Kier alpha value is -2.13. The molecule has 0 saturated heterocycles. The second kappa shape index (κ2) is 6.37. The summed E-state index contributed by atoms with van der Waals surface area (Å²) in [6.07, 6.45) is 0.470. The van der Waals surface area contributed by atoms with E-state index in [4.69, 9.17) is 22.4 Å². The van der Waals surface area contributed by atoms with Crippen LogP contribution in [0.1, 0.15) is 17.5 Å². The molecule has 16 heavy (non-hydrogen) atoms. The van der Waals surface area contributed by atoms with Crippen molar-refractivity contribution in [1.82, 2.24) is 0 Å². The number of hydrogen-bond donors (Lipinski definition) is 0. The Morgan fingerprint density at radius 3 is 2.94 bits per heavy atom. The molecule has 0 radical (unpaired) electrons. The largest absolute Gasteiger partial charge is 0.192 e. The van der Waals surface area contributed by atoms with E-state index < -0.39 is 0 Å². The molecule has 1 aromatic rings. The van der Waals surface area contributed by atoms with Gasteiger partial charge >= 0.3 is 0 Å². The lowest BCUT2D eigenvalue weighted by Crippen LogP contribution is -1.83. The van der Waals surface area contributed by atoms with Gasteiger partial charge in [-0.05, 0) is 23.7 Å². The lowest BCUT2D eigenvalue weighted by molar-refractivity contribution is 1.01. The fraction of sp³-hybridized carbons (Fsp3) is 0.182. The summed E-state index contributed by atoms with van der Waals surface area (Å²) in [5.41, 5.74) is 9.13. The highest BCUT2D eigenvalue weighted by atomic mass is 35.5. The normalized spacial score (nSPS) is 8.25. The van der Waals surface area contributed by atoms with Gasteiger partial charge in [0.15, 0.2) is 0 Å². The van der Waals surface area contributed by atoms with Crippen molar-refractivity contribution in [3.8, 4) is 17.9 Å². The van der Waals surface area contributed by atoms with Crippen LogP contribution in [0.4, 0.5) is 0 Å². The smallest absolute Gasteiger partial charge is 0.100 e. The number of nitrogens with zero attached hydrogens (tertiary/aromatic N) is 4. The summed E-state index contributed by atoms with van der Waals surface area (Å²) in [7, 11) is 0. The van der Waals surface area contributed by atoms with Crippen molar-refractivity contribution in [2.75, 3.05) is 6.54 Å². The van der Waals surface area contributed by atoms with Crippen LogP contribution in [0.15, 0.2) is 23.3 Å². The highest BCUT2D eigenvalue weighted by Crippen LogP contribution is 2.14. The lowest BCUT2D eigenvalue weighted by atomic mass is 10.1. The topological polar surface area (TPSA) is 72.5 Å². The second-order valence-electron chi connectivity index (χ2n) is 2.81. The van der Waals surface area contributed by atoms with Gasteiger partial charge in [-0.15, -0.1) is 0 Å². The molecule has 0 saturated carbocycles. The van der Waals surface area contributed by atoms with Gasteiger partial charge < -0.3 is 0 Å². The summed E-state index contributed by atoms with van der Waals surface area (Å²) in [4.78, 5) is 2.61. The van der Waals surface area contributed by atoms with Gasteiger partial charge in [-0.2, -0.15) is 5.26 Å². The van der Waals surface area contributed by atoms with E-state index in [1.54, 1.807) is 18.2 Å². The van der Waals surface area contributed by atoms with Crippen molar-refractivity contribution in [3.05, 3.63) is 44.8 Å². The van der Waals surface area contributed by atoms with E-state index in [-0.39, 0.29) is 0 Å². The van der Waals surface area contributed by atoms with Gasteiger partial charge in [0.2, 0.25) is 0 Å². The zero-order valence-electron chi connectivity index (χ0n) is 8.31. The highest BCUT2D eigenvalue weighted by Gasteiger charge is 1.98. The van der Waals surface area contributed by atoms with Gasteiger partial charge in [-0.1, -0.05) is 28.6 Å². The zero-order chi connectivity index (χ0) is 11.8. The molecule has 0 unspecified atom stereocenters. The van der Waals surface area contributed by atoms with Crippen LogP contribution < -0.4 is 0 Å². The molecule has 5 heteroatoms. The van der Waals surface area contributed by atoms with E-state index in [1.807, 2.05) is 6.07 Å². The van der Waals surface area contributed by atoms with Crippen molar-refractivity contribution >= 4 is 11.6 Å². The van der Waals surface area contributed by atoms with E-state index >= 15 is 0 Å². The summed E-state index contributed by atoms with van der Waals surface area (Å²) in [6, 6.07) is 6.96. The maximum absolute atomic E-state index is 8.84. The van der Waals surface area contributed by atoms with Crippen molar-refractivity contribution in [2.45, 2.75) is 6.42 Å². The molecule has 0 aromatic heterocycles. The SMILES string of the molecule is N#Cc1cc(Cl)ccc1C#CCCN=[N+]=[N-]. The minimum Gasteiger partial charge on any atom is -0.192 e. The van der Waals surface area contributed by atoms with Crippen LogP contribution in [0, 0.1) is 23.2 Å². The number of benzene rings is 1. The first-order chi connectivity index (χ1) is 7.77. The summed E-state index contributed by atoms with van der Waals surface area (Å²) in [6.45, 7) is 0.332. The molecule has 0 bridgehead atoms. The van der Waals surface area contributed by atoms with Crippen molar-refractivity contribution in [2.24, 2.45) is 5.11 Å². The zero-order valence-corrected chi connectivity index (χ0v) is 9.07. The Bertz CT molecular complexity index is 527.